The molecule has 1 aromatic heterocycles. The molecule has 0 radical (unpaired) electrons. The van der Waals surface area contributed by atoms with E-state index in [-0.39, 0.29) is 11.5 Å². The molecule has 1 heterocycles. The summed E-state index contributed by atoms with van der Waals surface area (Å²) in [6.07, 6.45) is 2.43. The van der Waals surface area contributed by atoms with Crippen molar-refractivity contribution >= 4 is 21.9 Å². The molecule has 100 valence electrons. The second-order valence-electron chi connectivity index (χ2n) is 4.47. The van der Waals surface area contributed by atoms with Crippen LogP contribution in [0.2, 0.25) is 0 Å². The first-order chi connectivity index (χ1) is 9.02. The van der Waals surface area contributed by atoms with Crippen LogP contribution in [0, 0.1) is 0 Å². The van der Waals surface area contributed by atoms with Crippen LogP contribution >= 0.6 is 15.9 Å². The van der Waals surface area contributed by atoms with Crippen molar-refractivity contribution in [3.63, 3.8) is 0 Å². The highest BCUT2D eigenvalue weighted by molar-refractivity contribution is 9.10. The van der Waals surface area contributed by atoms with E-state index in [0.29, 0.717) is 5.69 Å². The molecule has 1 unspecified atom stereocenters. The number of nitrogens with zero attached hydrogens (tertiary/aromatic N) is 2. The Morgan fingerprint density at radius 1 is 1.53 bits per heavy atom. The van der Waals surface area contributed by atoms with Gasteiger partial charge in [-0.2, -0.15) is 5.10 Å². The monoisotopic (exact) mass is 322 g/mol. The molecule has 0 bridgehead atoms. The fraction of sp³-hybridized carbons (Fsp3) is 0.286. The van der Waals surface area contributed by atoms with Gasteiger partial charge in [0, 0.05) is 16.6 Å². The maximum absolute atomic E-state index is 11.3. The number of aromatic carboxylic acids is 1. The zero-order chi connectivity index (χ0) is 14.0. The normalized spacial score (nSPS) is 12.4. The van der Waals surface area contributed by atoms with Crippen molar-refractivity contribution in [2.75, 3.05) is 0 Å². The lowest BCUT2D eigenvalue weighted by molar-refractivity contribution is 0.0695. The molecule has 2 rings (SSSR count). The van der Waals surface area contributed by atoms with Crippen LogP contribution < -0.4 is 0 Å². The van der Waals surface area contributed by atoms with E-state index in [2.05, 4.69) is 21.0 Å². The molecule has 0 fully saturated rings. The molecule has 0 amide bonds. The van der Waals surface area contributed by atoms with E-state index in [1.165, 1.54) is 0 Å². The summed E-state index contributed by atoms with van der Waals surface area (Å²) in [6, 6.07) is 7.61. The van der Waals surface area contributed by atoms with Crippen molar-refractivity contribution < 1.29 is 9.90 Å². The third-order valence-electron chi connectivity index (χ3n) is 3.13. The maximum atomic E-state index is 11.3. The lowest BCUT2D eigenvalue weighted by Gasteiger charge is -2.05. The second-order valence-corrected chi connectivity index (χ2v) is 5.38. The second kappa shape index (κ2) is 5.57. The SMILES string of the molecule is CCC(C)c1nn(-c2cccc(Br)c2)cc1C(=O)O. The van der Waals surface area contributed by atoms with Crippen molar-refractivity contribution in [2.24, 2.45) is 0 Å². The highest BCUT2D eigenvalue weighted by Gasteiger charge is 2.20. The molecule has 0 spiro atoms. The number of hydrogen-bond acceptors (Lipinski definition) is 2. The van der Waals surface area contributed by atoms with E-state index in [4.69, 9.17) is 0 Å². The van der Waals surface area contributed by atoms with Gasteiger partial charge in [0.25, 0.3) is 0 Å². The van der Waals surface area contributed by atoms with Gasteiger partial charge in [-0.25, -0.2) is 9.48 Å². The van der Waals surface area contributed by atoms with E-state index in [1.54, 1.807) is 10.9 Å². The third kappa shape index (κ3) is 2.87. The highest BCUT2D eigenvalue weighted by atomic mass is 79.9. The van der Waals surface area contributed by atoms with Gasteiger partial charge < -0.3 is 5.11 Å². The maximum Gasteiger partial charge on any atom is 0.339 e. The van der Waals surface area contributed by atoms with Crippen LogP contribution in [0.4, 0.5) is 0 Å². The summed E-state index contributed by atoms with van der Waals surface area (Å²) in [5, 5.41) is 13.7. The Labute approximate surface area is 120 Å². The summed E-state index contributed by atoms with van der Waals surface area (Å²) in [6.45, 7) is 4.01. The quantitative estimate of drug-likeness (QED) is 0.930. The van der Waals surface area contributed by atoms with Crippen LogP contribution in [0.15, 0.2) is 34.9 Å². The summed E-state index contributed by atoms with van der Waals surface area (Å²) in [5.41, 5.74) is 1.75. The number of hydrogen-bond donors (Lipinski definition) is 1. The van der Waals surface area contributed by atoms with E-state index in [9.17, 15) is 9.90 Å². The smallest absolute Gasteiger partial charge is 0.339 e. The molecule has 1 N–H and O–H groups in total. The van der Waals surface area contributed by atoms with Crippen molar-refractivity contribution in [2.45, 2.75) is 26.2 Å². The Kier molecular flexibility index (Phi) is 4.04. The molecule has 4 nitrogen and oxygen atoms in total. The van der Waals surface area contributed by atoms with Gasteiger partial charge in [0.1, 0.15) is 5.56 Å². The lowest BCUT2D eigenvalue weighted by Crippen LogP contribution is -2.03. The predicted octanol–water partition coefficient (Wildman–Crippen LogP) is 3.85. The minimum Gasteiger partial charge on any atom is -0.478 e. The summed E-state index contributed by atoms with van der Waals surface area (Å²) in [7, 11) is 0. The average Bonchev–Trinajstić information content (AvgIpc) is 2.83. The van der Waals surface area contributed by atoms with E-state index in [1.807, 2.05) is 38.1 Å². The molecule has 0 saturated carbocycles. The Hall–Kier alpha value is -1.62. The third-order valence-corrected chi connectivity index (χ3v) is 3.62. The molecule has 19 heavy (non-hydrogen) atoms. The number of rotatable bonds is 4. The zero-order valence-corrected chi connectivity index (χ0v) is 12.4. The van der Waals surface area contributed by atoms with Crippen molar-refractivity contribution in [3.8, 4) is 5.69 Å². The fourth-order valence-corrected chi connectivity index (χ4v) is 2.25. The number of benzene rings is 1. The number of halogens is 1. The summed E-state index contributed by atoms with van der Waals surface area (Å²) in [4.78, 5) is 11.3. The van der Waals surface area contributed by atoms with Gasteiger partial charge in [0.15, 0.2) is 0 Å². The molecule has 2 aromatic rings. The molecular weight excluding hydrogens is 308 g/mol. The number of carbonyl (C=O) groups is 1. The van der Waals surface area contributed by atoms with Crippen LogP contribution in [0.1, 0.15) is 42.2 Å². The van der Waals surface area contributed by atoms with Gasteiger partial charge in [0.2, 0.25) is 0 Å². The molecule has 1 aromatic carbocycles. The van der Waals surface area contributed by atoms with Crippen LogP contribution in [0.3, 0.4) is 0 Å². The van der Waals surface area contributed by atoms with Gasteiger partial charge in [-0.3, -0.25) is 0 Å². The molecule has 5 heteroatoms. The first kappa shape index (κ1) is 13.8. The minimum atomic E-state index is -0.934. The summed E-state index contributed by atoms with van der Waals surface area (Å²) in [5.74, 6) is -0.809. The van der Waals surface area contributed by atoms with Gasteiger partial charge in [0.05, 0.1) is 11.4 Å². The first-order valence-electron chi connectivity index (χ1n) is 6.11. The van der Waals surface area contributed by atoms with Crippen LogP contribution in [-0.4, -0.2) is 20.9 Å². The van der Waals surface area contributed by atoms with Crippen molar-refractivity contribution in [1.29, 1.82) is 0 Å². The minimum absolute atomic E-state index is 0.125. The Balaban J connectivity index is 2.51. The fourth-order valence-electron chi connectivity index (χ4n) is 1.86. The van der Waals surface area contributed by atoms with E-state index >= 15 is 0 Å². The molecule has 0 saturated heterocycles. The van der Waals surface area contributed by atoms with E-state index < -0.39 is 5.97 Å². The van der Waals surface area contributed by atoms with Gasteiger partial charge >= 0.3 is 5.97 Å². The van der Waals surface area contributed by atoms with Crippen molar-refractivity contribution in [1.82, 2.24) is 9.78 Å². The molecule has 0 aliphatic carbocycles. The Morgan fingerprint density at radius 2 is 2.26 bits per heavy atom. The van der Waals surface area contributed by atoms with Gasteiger partial charge in [-0.05, 0) is 24.6 Å². The topological polar surface area (TPSA) is 55.1 Å². The summed E-state index contributed by atoms with van der Waals surface area (Å²) < 4.78 is 2.55. The largest absolute Gasteiger partial charge is 0.478 e. The standard InChI is InChI=1S/C14H15BrN2O2/c1-3-9(2)13-12(14(18)19)8-17(16-13)11-6-4-5-10(15)7-11/h4-9H,3H2,1-2H3,(H,18,19). The molecule has 1 atom stereocenters. The number of aromatic nitrogens is 2. The zero-order valence-electron chi connectivity index (χ0n) is 10.8. The molecular formula is C14H15BrN2O2. The highest BCUT2D eigenvalue weighted by Crippen LogP contribution is 2.23. The lowest BCUT2D eigenvalue weighted by atomic mass is 10.0. The molecule has 0 aliphatic rings. The van der Waals surface area contributed by atoms with Gasteiger partial charge in [-0.1, -0.05) is 35.8 Å². The van der Waals surface area contributed by atoms with Crippen molar-refractivity contribution in [3.05, 3.63) is 46.2 Å². The van der Waals surface area contributed by atoms with Crippen LogP contribution in [-0.2, 0) is 0 Å². The summed E-state index contributed by atoms with van der Waals surface area (Å²) >= 11 is 3.40. The van der Waals surface area contributed by atoms with Crippen LogP contribution in [0.25, 0.3) is 5.69 Å². The van der Waals surface area contributed by atoms with Gasteiger partial charge in [-0.15, -0.1) is 0 Å². The number of carboxylic acids is 1. The first-order valence-corrected chi connectivity index (χ1v) is 6.91. The average molecular weight is 323 g/mol. The Bertz CT molecular complexity index is 607. The van der Waals surface area contributed by atoms with Crippen LogP contribution in [0.5, 0.6) is 0 Å². The number of carboxylic acid groups (broad SMARTS) is 1. The predicted molar refractivity (Wildman–Crippen MR) is 76.9 cm³/mol. The molecule has 0 aliphatic heterocycles. The van der Waals surface area contributed by atoms with E-state index in [0.717, 1.165) is 16.6 Å². The Morgan fingerprint density at radius 3 is 2.84 bits per heavy atom.